The molecule has 0 saturated carbocycles. The first-order chi connectivity index (χ1) is 16.4. The number of benzene rings is 3. The van der Waals surface area contributed by atoms with Gasteiger partial charge in [-0.3, -0.25) is 0 Å². The highest BCUT2D eigenvalue weighted by atomic mass is 19.1. The summed E-state index contributed by atoms with van der Waals surface area (Å²) in [6, 6.07) is 17.5. The van der Waals surface area contributed by atoms with Crippen molar-refractivity contribution in [2.45, 2.75) is 24.8 Å². The minimum atomic E-state index is -1.22. The van der Waals surface area contributed by atoms with Gasteiger partial charge in [0.2, 0.25) is 0 Å². The number of alkyl carbamates (subject to hydrolysis) is 1. The van der Waals surface area contributed by atoms with E-state index in [4.69, 9.17) is 9.47 Å². The number of hydrogen-bond acceptors (Lipinski definition) is 4. The average Bonchev–Trinajstić information content (AvgIpc) is 3.14. The molecule has 0 spiro atoms. The number of halogens is 2. The molecule has 0 heterocycles. The fourth-order valence-electron chi connectivity index (χ4n) is 4.10. The maximum absolute atomic E-state index is 13.6. The maximum atomic E-state index is 13.6. The van der Waals surface area contributed by atoms with Crippen LogP contribution in [0.25, 0.3) is 11.1 Å². The number of rotatable bonds is 9. The van der Waals surface area contributed by atoms with Gasteiger partial charge < -0.3 is 19.9 Å². The third-order valence-electron chi connectivity index (χ3n) is 5.72. The SMILES string of the molecule is O=C(N[C@@H](CCCOc1ccc(F)cc1F)C(=O)O)OCC1c2ccccc2-c2ccccc21. The fourth-order valence-corrected chi connectivity index (χ4v) is 4.10. The molecule has 3 aromatic rings. The largest absolute Gasteiger partial charge is 0.491 e. The van der Waals surface area contributed by atoms with E-state index in [0.29, 0.717) is 6.07 Å². The lowest BCUT2D eigenvalue weighted by atomic mass is 9.98. The van der Waals surface area contributed by atoms with Crippen molar-refractivity contribution in [1.29, 1.82) is 0 Å². The number of ether oxygens (including phenoxy) is 2. The molecule has 0 aliphatic heterocycles. The number of aliphatic carboxylic acids is 1. The summed E-state index contributed by atoms with van der Waals surface area (Å²) in [7, 11) is 0. The molecule has 4 rings (SSSR count). The van der Waals surface area contributed by atoms with Gasteiger partial charge in [-0.1, -0.05) is 48.5 Å². The minimum Gasteiger partial charge on any atom is -0.491 e. The van der Waals surface area contributed by atoms with Crippen molar-refractivity contribution in [3.63, 3.8) is 0 Å². The summed E-state index contributed by atoms with van der Waals surface area (Å²) in [5.74, 6) is -3.05. The molecule has 0 radical (unpaired) electrons. The van der Waals surface area contributed by atoms with Crippen LogP contribution in [0.5, 0.6) is 5.75 Å². The van der Waals surface area contributed by atoms with Crippen LogP contribution in [0, 0.1) is 11.6 Å². The first-order valence-electron chi connectivity index (χ1n) is 10.9. The van der Waals surface area contributed by atoms with Gasteiger partial charge in [-0.15, -0.1) is 0 Å². The number of amides is 1. The Labute approximate surface area is 195 Å². The van der Waals surface area contributed by atoms with Crippen molar-refractivity contribution >= 4 is 12.1 Å². The molecule has 3 aromatic carbocycles. The maximum Gasteiger partial charge on any atom is 0.407 e. The fraction of sp³-hybridized carbons (Fsp3) is 0.231. The number of nitrogens with one attached hydrogen (secondary N) is 1. The molecule has 0 bridgehead atoms. The topological polar surface area (TPSA) is 84.9 Å². The zero-order valence-corrected chi connectivity index (χ0v) is 18.2. The first kappa shape index (κ1) is 23.2. The molecule has 1 amide bonds. The number of carbonyl (C=O) groups excluding carboxylic acids is 1. The van der Waals surface area contributed by atoms with Gasteiger partial charge >= 0.3 is 12.1 Å². The third-order valence-corrected chi connectivity index (χ3v) is 5.72. The van der Waals surface area contributed by atoms with E-state index in [2.05, 4.69) is 5.32 Å². The molecule has 1 atom stereocenters. The number of carboxylic acids is 1. The Morgan fingerprint density at radius 2 is 1.62 bits per heavy atom. The van der Waals surface area contributed by atoms with E-state index in [1.165, 1.54) is 0 Å². The number of fused-ring (bicyclic) bond motifs is 3. The summed E-state index contributed by atoms with van der Waals surface area (Å²) in [4.78, 5) is 23.9. The van der Waals surface area contributed by atoms with Crippen LogP contribution in [0.2, 0.25) is 0 Å². The summed E-state index contributed by atoms with van der Waals surface area (Å²) in [5, 5.41) is 11.8. The van der Waals surface area contributed by atoms with Crippen molar-refractivity contribution in [2.24, 2.45) is 0 Å². The Balaban J connectivity index is 1.29. The van der Waals surface area contributed by atoms with Gasteiger partial charge in [-0.2, -0.15) is 0 Å². The minimum absolute atomic E-state index is 0.00129. The van der Waals surface area contributed by atoms with Crippen molar-refractivity contribution < 1.29 is 33.0 Å². The smallest absolute Gasteiger partial charge is 0.407 e. The van der Waals surface area contributed by atoms with Crippen LogP contribution >= 0.6 is 0 Å². The summed E-state index contributed by atoms with van der Waals surface area (Å²) >= 11 is 0. The molecule has 1 aliphatic rings. The van der Waals surface area contributed by atoms with Gasteiger partial charge in [0.05, 0.1) is 6.61 Å². The summed E-state index contributed by atoms with van der Waals surface area (Å²) in [6.07, 6.45) is -0.570. The second-order valence-electron chi connectivity index (χ2n) is 7.93. The lowest BCUT2D eigenvalue weighted by molar-refractivity contribution is -0.139. The Morgan fingerprint density at radius 3 is 2.24 bits per heavy atom. The zero-order chi connectivity index (χ0) is 24.1. The lowest BCUT2D eigenvalue weighted by Gasteiger charge is -2.17. The number of carboxylic acid groups (broad SMARTS) is 1. The van der Waals surface area contributed by atoms with Crippen molar-refractivity contribution in [1.82, 2.24) is 5.32 Å². The predicted octanol–water partition coefficient (Wildman–Crippen LogP) is 5.12. The van der Waals surface area contributed by atoms with Gasteiger partial charge in [-0.25, -0.2) is 18.4 Å². The average molecular weight is 467 g/mol. The molecular weight excluding hydrogens is 444 g/mol. The zero-order valence-electron chi connectivity index (χ0n) is 18.2. The van der Waals surface area contributed by atoms with E-state index < -0.39 is 29.7 Å². The molecular formula is C26H23F2NO5. The first-order valence-corrected chi connectivity index (χ1v) is 10.9. The Bertz CT molecular complexity index is 1150. The monoisotopic (exact) mass is 467 g/mol. The molecule has 0 saturated heterocycles. The van der Waals surface area contributed by atoms with Crippen LogP contribution in [0.1, 0.15) is 29.9 Å². The summed E-state index contributed by atoms with van der Waals surface area (Å²) in [5.41, 5.74) is 4.29. The van der Waals surface area contributed by atoms with E-state index in [9.17, 15) is 23.5 Å². The highest BCUT2D eigenvalue weighted by molar-refractivity contribution is 5.81. The van der Waals surface area contributed by atoms with Crippen LogP contribution < -0.4 is 10.1 Å². The molecule has 0 unspecified atom stereocenters. The van der Waals surface area contributed by atoms with Gasteiger partial charge in [0.1, 0.15) is 18.5 Å². The molecule has 176 valence electrons. The number of carbonyl (C=O) groups is 2. The molecule has 6 nitrogen and oxygen atoms in total. The van der Waals surface area contributed by atoms with Crippen molar-refractivity contribution in [2.75, 3.05) is 13.2 Å². The second-order valence-corrected chi connectivity index (χ2v) is 7.93. The van der Waals surface area contributed by atoms with Crippen LogP contribution in [0.4, 0.5) is 13.6 Å². The quantitative estimate of drug-likeness (QED) is 0.427. The molecule has 0 fully saturated rings. The van der Waals surface area contributed by atoms with Crippen LogP contribution in [-0.2, 0) is 9.53 Å². The van der Waals surface area contributed by atoms with Crippen LogP contribution in [-0.4, -0.2) is 36.4 Å². The Morgan fingerprint density at radius 1 is 0.971 bits per heavy atom. The Hall–Kier alpha value is -3.94. The van der Waals surface area contributed by atoms with Gasteiger partial charge in [0.25, 0.3) is 0 Å². The van der Waals surface area contributed by atoms with E-state index in [1.54, 1.807) is 0 Å². The van der Waals surface area contributed by atoms with Gasteiger partial charge in [-0.05, 0) is 47.2 Å². The second kappa shape index (κ2) is 10.3. The molecule has 34 heavy (non-hydrogen) atoms. The van der Waals surface area contributed by atoms with Crippen LogP contribution in [0.15, 0.2) is 66.7 Å². The molecule has 0 aromatic heterocycles. The molecule has 1 aliphatic carbocycles. The van der Waals surface area contributed by atoms with Crippen molar-refractivity contribution in [3.8, 4) is 16.9 Å². The molecule has 8 heteroatoms. The van der Waals surface area contributed by atoms with E-state index in [0.717, 1.165) is 34.4 Å². The number of hydrogen-bond donors (Lipinski definition) is 2. The molecule has 2 N–H and O–H groups in total. The lowest BCUT2D eigenvalue weighted by Crippen LogP contribution is -2.41. The van der Waals surface area contributed by atoms with E-state index in [-0.39, 0.29) is 37.7 Å². The normalized spacial score (nSPS) is 13.0. The van der Waals surface area contributed by atoms with Gasteiger partial charge in [0, 0.05) is 12.0 Å². The van der Waals surface area contributed by atoms with E-state index in [1.807, 2.05) is 48.5 Å². The Kier molecular flexibility index (Phi) is 7.06. The standard InChI is InChI=1S/C26H23F2NO5/c27-16-11-12-24(22(28)14-16)33-13-5-10-23(25(30)31)29-26(32)34-15-21-19-8-3-1-6-17(19)18-7-2-4-9-20(18)21/h1-4,6-9,11-12,14,21,23H,5,10,13,15H2,(H,29,32)(H,30,31)/t23-/m0/s1. The van der Waals surface area contributed by atoms with Crippen molar-refractivity contribution in [3.05, 3.63) is 89.5 Å². The predicted molar refractivity (Wildman–Crippen MR) is 121 cm³/mol. The highest BCUT2D eigenvalue weighted by Gasteiger charge is 2.29. The third kappa shape index (κ3) is 5.17. The van der Waals surface area contributed by atoms with Gasteiger partial charge in [0.15, 0.2) is 11.6 Å². The summed E-state index contributed by atoms with van der Waals surface area (Å²) in [6.45, 7) is 0.0673. The van der Waals surface area contributed by atoms with E-state index >= 15 is 0 Å². The summed E-state index contributed by atoms with van der Waals surface area (Å²) < 4.78 is 37.2. The highest BCUT2D eigenvalue weighted by Crippen LogP contribution is 2.44. The van der Waals surface area contributed by atoms with Crippen LogP contribution in [0.3, 0.4) is 0 Å².